The van der Waals surface area contributed by atoms with Crippen LogP contribution in [0.2, 0.25) is 0 Å². The van der Waals surface area contributed by atoms with Gasteiger partial charge in [-0.15, -0.1) is 0 Å². The first-order chi connectivity index (χ1) is 22.6. The summed E-state index contributed by atoms with van der Waals surface area (Å²) in [5, 5.41) is 32.0. The predicted octanol–water partition coefficient (Wildman–Crippen LogP) is 11.5. The van der Waals surface area contributed by atoms with E-state index in [1.807, 2.05) is 79.4 Å². The molecule has 0 saturated carbocycles. The van der Waals surface area contributed by atoms with Gasteiger partial charge in [0, 0.05) is 6.61 Å². The molecule has 0 aliphatic carbocycles. The molecule has 254 valence electrons. The van der Waals surface area contributed by atoms with E-state index in [1.54, 1.807) is 0 Å². The first-order valence-electron chi connectivity index (χ1n) is 16.5. The second-order valence-electron chi connectivity index (χ2n) is 15.1. The number of ether oxygens (including phenoxy) is 1. The zero-order valence-electron chi connectivity index (χ0n) is 29.8. The summed E-state index contributed by atoms with van der Waals surface area (Å²) in [7, 11) is 0. The topological polar surface area (TPSA) is 86.8 Å². The Morgan fingerprint density at radius 1 is 0.667 bits per heavy atom. The largest absolute Gasteiger partial charge is 0.552 e. The van der Waals surface area contributed by atoms with E-state index in [0.717, 1.165) is 57.7 Å². The van der Waals surface area contributed by atoms with Crippen LogP contribution in [0.4, 0.5) is 5.69 Å². The minimum absolute atomic E-state index is 0.239. The van der Waals surface area contributed by atoms with Crippen molar-refractivity contribution >= 4 is 9.59 Å². The molecule has 4 aromatic carbocycles. The Morgan fingerprint density at radius 3 is 1.58 bits per heavy atom. The van der Waals surface area contributed by atoms with Gasteiger partial charge in [0.25, 0.3) is 0 Å². The molecule has 0 radical (unpaired) electrons. The maximum Gasteiger partial charge on any atom is 0.00878 e. The van der Waals surface area contributed by atoms with Crippen molar-refractivity contribution in [3.8, 4) is 33.8 Å². The fourth-order valence-corrected chi connectivity index (χ4v) is 8.23. The molecule has 0 unspecified atom stereocenters. The van der Waals surface area contributed by atoms with Gasteiger partial charge >= 0.3 is 266 Å². The van der Waals surface area contributed by atoms with Crippen LogP contribution in [0.25, 0.3) is 22.3 Å². The summed E-state index contributed by atoms with van der Waals surface area (Å²) in [5.41, 5.74) is 6.17. The van der Waals surface area contributed by atoms with E-state index in [2.05, 4.69) is 84.8 Å². The van der Waals surface area contributed by atoms with E-state index in [1.165, 1.54) is 10.3 Å². The zero-order valence-corrected chi connectivity index (χ0v) is 32.8. The Kier molecular flexibility index (Phi) is 12.2. The van der Waals surface area contributed by atoms with Crippen LogP contribution >= 0.6 is 0 Å². The van der Waals surface area contributed by atoms with Crippen LogP contribution in [0.15, 0.2) is 98.9 Å². The van der Waals surface area contributed by atoms with Gasteiger partial charge in [-0.1, -0.05) is 6.42 Å². The first-order valence-corrected chi connectivity index (χ1v) is 19.3. The van der Waals surface area contributed by atoms with Crippen molar-refractivity contribution in [2.24, 2.45) is 19.4 Å². The van der Waals surface area contributed by atoms with Crippen LogP contribution in [0.3, 0.4) is 0 Å². The quantitative estimate of drug-likeness (QED) is 0.119. The fourth-order valence-electron chi connectivity index (χ4n) is 5.58. The van der Waals surface area contributed by atoms with Crippen LogP contribution in [-0.4, -0.2) is 20.7 Å². The average molecular weight is 817 g/mol. The van der Waals surface area contributed by atoms with Crippen molar-refractivity contribution in [3.05, 3.63) is 108 Å². The molecule has 0 aromatic heterocycles. The minimum atomic E-state index is -1.65. The zero-order chi connectivity index (χ0) is 35.1. The van der Waals surface area contributed by atoms with Crippen LogP contribution in [0, 0.1) is 12.0 Å². The molecule has 6 nitrogen and oxygen atoms in total. The van der Waals surface area contributed by atoms with Crippen molar-refractivity contribution < 1.29 is 32.9 Å². The Balaban J connectivity index is 0.000000950. The van der Waals surface area contributed by atoms with Gasteiger partial charge in [0.1, 0.15) is 0 Å². The molecule has 1 aliphatic rings. The number of aromatic hydroxyl groups is 2. The van der Waals surface area contributed by atoms with Gasteiger partial charge in [0.2, 0.25) is 0 Å². The first kappa shape index (κ1) is 37.2. The number of phenolic OH excluding ortho intramolecular Hbond substituents is 2. The molecule has 1 fully saturated rings. The molecule has 0 amide bonds. The van der Waals surface area contributed by atoms with E-state index >= 15 is 0 Å². The molecule has 0 bridgehead atoms. The summed E-state index contributed by atoms with van der Waals surface area (Å²) < 4.78 is 10.7. The Labute approximate surface area is 295 Å². The molecule has 0 spiro atoms. The number of nitrogens with zero attached hydrogens (tertiary/aromatic N) is 3. The number of benzene rings is 4. The molecular formula is C41H50N3O3W-. The van der Waals surface area contributed by atoms with Gasteiger partial charge in [-0.2, -0.15) is 6.42 Å². The number of hydrogen-bond acceptors (Lipinski definition) is 5. The summed E-state index contributed by atoms with van der Waals surface area (Å²) in [6.07, 6.45) is 2.38. The van der Waals surface area contributed by atoms with E-state index in [4.69, 9.17) is 8.34 Å². The van der Waals surface area contributed by atoms with Crippen molar-refractivity contribution in [2.45, 2.75) is 86.0 Å². The normalized spacial score (nSPS) is 13.6. The van der Waals surface area contributed by atoms with Gasteiger partial charge in [-0.05, 0) is 0 Å². The molecule has 4 aromatic rings. The van der Waals surface area contributed by atoms with Gasteiger partial charge in [0.05, 0.1) is 0 Å². The predicted molar refractivity (Wildman–Crippen MR) is 194 cm³/mol. The van der Waals surface area contributed by atoms with Gasteiger partial charge in [0.15, 0.2) is 0 Å². The molecule has 1 aliphatic heterocycles. The van der Waals surface area contributed by atoms with Crippen LogP contribution < -0.4 is 0 Å². The van der Waals surface area contributed by atoms with Crippen molar-refractivity contribution in [1.82, 2.24) is 0 Å². The fraction of sp³-hybridized carbons (Fsp3) is 0.366. The second-order valence-corrected chi connectivity index (χ2v) is 17.8. The minimum Gasteiger partial charge on any atom is -0.552 e. The smallest absolute Gasteiger partial charge is 0.00878 e. The van der Waals surface area contributed by atoms with E-state index in [0.29, 0.717) is 0 Å². The van der Waals surface area contributed by atoms with E-state index in [9.17, 15) is 10.2 Å². The molecule has 1 heterocycles. The third kappa shape index (κ3) is 9.30. The molecule has 2 N–H and O–H groups in total. The van der Waals surface area contributed by atoms with Crippen LogP contribution in [0.1, 0.15) is 91.8 Å². The SMILES string of the molecule is CC(C)(C)[C](=[W]=[N]N=Nc1ccccc1)c1c(-c2cccc(C(C)(C)C)c2O)cccc1-c1cccc(C(C)(C)C)c1O.[CH-]1CCCO1. The van der Waals surface area contributed by atoms with E-state index in [-0.39, 0.29) is 27.7 Å². The molecule has 0 atom stereocenters. The Morgan fingerprint density at radius 2 is 1.17 bits per heavy atom. The summed E-state index contributed by atoms with van der Waals surface area (Å²) in [4.78, 5) is 0. The molecule has 7 heteroatoms. The maximum absolute atomic E-state index is 11.7. The molecular weight excluding hydrogens is 766 g/mol. The third-order valence-corrected chi connectivity index (χ3v) is 12.2. The third-order valence-electron chi connectivity index (χ3n) is 8.03. The van der Waals surface area contributed by atoms with Crippen molar-refractivity contribution in [1.29, 1.82) is 0 Å². The summed E-state index contributed by atoms with van der Waals surface area (Å²) >= 11 is -1.65. The Bertz CT molecular complexity index is 1710. The van der Waals surface area contributed by atoms with Gasteiger partial charge in [-0.3, -0.25) is 0 Å². The number of phenols is 2. The standard InChI is InChI=1S/C31H38O2.C6H5N3.C4H7O.W/c1-29(2,3)19-24-20(22-15-11-17-25(27(22)32)30(4,5)6)13-10-14-21(24)23-16-12-18-26(28(23)33)31(7,8)9;7-9-8-6-4-2-1-3-5-6;1-2-4-5-3-1;/h10-18,32-33H,1-9H3;1-5H;3H,1-2,4H2;/q;;-1;. The summed E-state index contributed by atoms with van der Waals surface area (Å²) in [6.45, 7) is 22.0. The summed E-state index contributed by atoms with van der Waals surface area (Å²) in [6, 6.07) is 27.7. The number of para-hydroxylation sites is 2. The monoisotopic (exact) mass is 816 g/mol. The Hall–Kier alpha value is -3.60. The van der Waals surface area contributed by atoms with Crippen LogP contribution in [-0.2, 0) is 33.5 Å². The second kappa shape index (κ2) is 15.7. The number of rotatable bonds is 5. The van der Waals surface area contributed by atoms with E-state index < -0.39 is 17.9 Å². The van der Waals surface area contributed by atoms with Crippen molar-refractivity contribution in [3.63, 3.8) is 0 Å². The molecule has 1 saturated heterocycles. The van der Waals surface area contributed by atoms with Gasteiger partial charge in [-0.25, -0.2) is 6.61 Å². The molecule has 48 heavy (non-hydrogen) atoms. The number of hydrogen-bond donors (Lipinski definition) is 2. The van der Waals surface area contributed by atoms with Crippen molar-refractivity contribution in [2.75, 3.05) is 6.61 Å². The molecule has 5 rings (SSSR count). The average Bonchev–Trinajstić information content (AvgIpc) is 3.61. The summed E-state index contributed by atoms with van der Waals surface area (Å²) in [5.74, 6) is 0.556. The van der Waals surface area contributed by atoms with Gasteiger partial charge < -0.3 is 4.74 Å². The van der Waals surface area contributed by atoms with Crippen LogP contribution in [0.5, 0.6) is 11.5 Å². The maximum atomic E-state index is 11.7.